The number of halogens is 2. The molecule has 3 aromatic carbocycles. The minimum absolute atomic E-state index is 0.153. The molecule has 2 heterocycles. The van der Waals surface area contributed by atoms with E-state index < -0.39 is 5.91 Å². The summed E-state index contributed by atoms with van der Waals surface area (Å²) in [6.45, 7) is 5.98. The third kappa shape index (κ3) is 5.76. The van der Waals surface area contributed by atoms with Gasteiger partial charge in [-0.3, -0.25) is 10.1 Å². The van der Waals surface area contributed by atoms with Gasteiger partial charge in [0, 0.05) is 22.9 Å². The van der Waals surface area contributed by atoms with Crippen LogP contribution in [0.1, 0.15) is 22.5 Å². The molecule has 9 heteroatoms. The van der Waals surface area contributed by atoms with Crippen LogP contribution in [0.4, 0.5) is 5.69 Å². The van der Waals surface area contributed by atoms with Gasteiger partial charge >= 0.3 is 0 Å². The van der Waals surface area contributed by atoms with E-state index in [0.29, 0.717) is 33.0 Å². The first-order chi connectivity index (χ1) is 18.7. The van der Waals surface area contributed by atoms with Crippen LogP contribution >= 0.6 is 35.4 Å². The highest BCUT2D eigenvalue weighted by Gasteiger charge is 2.15. The lowest BCUT2D eigenvalue weighted by atomic mass is 10.1. The molecule has 0 aliphatic rings. The summed E-state index contributed by atoms with van der Waals surface area (Å²) in [5.41, 5.74) is 6.85. The van der Waals surface area contributed by atoms with Gasteiger partial charge in [-0.05, 0) is 98.2 Å². The number of benzene rings is 3. The second-order valence-electron chi connectivity index (χ2n) is 9.01. The summed E-state index contributed by atoms with van der Waals surface area (Å²) in [6, 6.07) is 18.5. The number of anilines is 1. The Hall–Kier alpha value is -3.91. The van der Waals surface area contributed by atoms with Crippen LogP contribution in [0.3, 0.4) is 0 Å². The molecule has 0 aliphatic carbocycles. The van der Waals surface area contributed by atoms with Gasteiger partial charge in [-0.25, -0.2) is 4.98 Å². The highest BCUT2D eigenvalue weighted by atomic mass is 35.5. The number of oxazole rings is 1. The molecule has 0 fully saturated rings. The van der Waals surface area contributed by atoms with Gasteiger partial charge in [0.25, 0.3) is 0 Å². The van der Waals surface area contributed by atoms with Crippen molar-refractivity contribution in [2.75, 3.05) is 5.32 Å². The number of hydrogen-bond donors (Lipinski definition) is 2. The van der Waals surface area contributed by atoms with Crippen LogP contribution in [0.25, 0.3) is 40.0 Å². The molecule has 39 heavy (non-hydrogen) atoms. The van der Waals surface area contributed by atoms with Crippen LogP contribution in [-0.4, -0.2) is 16.0 Å². The van der Waals surface area contributed by atoms with E-state index in [0.717, 1.165) is 39.0 Å². The average molecular weight is 577 g/mol. The minimum atomic E-state index is -0.412. The first-order valence-electron chi connectivity index (χ1n) is 12.0. The van der Waals surface area contributed by atoms with E-state index in [4.69, 9.17) is 44.3 Å². The van der Waals surface area contributed by atoms with Crippen molar-refractivity contribution in [3.8, 4) is 22.8 Å². The predicted molar refractivity (Wildman–Crippen MR) is 161 cm³/mol. The van der Waals surface area contributed by atoms with Crippen LogP contribution in [-0.2, 0) is 4.79 Å². The van der Waals surface area contributed by atoms with Crippen molar-refractivity contribution >= 4 is 69.3 Å². The second-order valence-corrected chi connectivity index (χ2v) is 10.2. The molecule has 0 radical (unpaired) electrons. The van der Waals surface area contributed by atoms with Crippen LogP contribution in [0, 0.1) is 20.8 Å². The van der Waals surface area contributed by atoms with Crippen LogP contribution < -0.4 is 10.6 Å². The molecular formula is C30H23Cl2N3O3S. The van der Waals surface area contributed by atoms with Gasteiger partial charge in [-0.15, -0.1) is 0 Å². The molecule has 0 aliphatic heterocycles. The molecule has 0 saturated heterocycles. The van der Waals surface area contributed by atoms with Gasteiger partial charge in [0.1, 0.15) is 17.0 Å². The maximum atomic E-state index is 12.5. The number of rotatable bonds is 5. The number of amides is 1. The molecule has 5 rings (SSSR count). The van der Waals surface area contributed by atoms with Gasteiger partial charge < -0.3 is 14.2 Å². The minimum Gasteiger partial charge on any atom is -0.457 e. The highest BCUT2D eigenvalue weighted by molar-refractivity contribution is 7.80. The summed E-state index contributed by atoms with van der Waals surface area (Å²) in [5.74, 6) is 1.13. The number of fused-ring (bicyclic) bond motifs is 1. The maximum Gasteiger partial charge on any atom is 0.250 e. The summed E-state index contributed by atoms with van der Waals surface area (Å²) < 4.78 is 11.9. The zero-order valence-electron chi connectivity index (χ0n) is 21.3. The summed E-state index contributed by atoms with van der Waals surface area (Å²) in [5, 5.41) is 6.72. The fourth-order valence-corrected chi connectivity index (χ4v) is 4.85. The maximum absolute atomic E-state index is 12.5. The Morgan fingerprint density at radius 1 is 0.974 bits per heavy atom. The van der Waals surface area contributed by atoms with Crippen molar-refractivity contribution in [1.82, 2.24) is 10.3 Å². The Morgan fingerprint density at radius 2 is 1.74 bits per heavy atom. The molecular weight excluding hydrogens is 553 g/mol. The van der Waals surface area contributed by atoms with Crippen molar-refractivity contribution in [3.63, 3.8) is 0 Å². The van der Waals surface area contributed by atoms with Gasteiger partial charge in [0.15, 0.2) is 10.7 Å². The predicted octanol–water partition coefficient (Wildman–Crippen LogP) is 8.51. The zero-order chi connectivity index (χ0) is 27.7. The number of hydrogen-bond acceptors (Lipinski definition) is 5. The lowest BCUT2D eigenvalue weighted by Gasteiger charge is -2.12. The average Bonchev–Trinajstić information content (AvgIpc) is 3.53. The largest absolute Gasteiger partial charge is 0.457 e. The van der Waals surface area contributed by atoms with E-state index in [9.17, 15) is 4.79 Å². The molecule has 6 nitrogen and oxygen atoms in total. The lowest BCUT2D eigenvalue weighted by molar-refractivity contribution is -0.115. The number of aromatic nitrogens is 1. The smallest absolute Gasteiger partial charge is 0.250 e. The number of carbonyl (C=O) groups excluding carboxylic acids is 1. The van der Waals surface area contributed by atoms with Gasteiger partial charge in [0.2, 0.25) is 11.8 Å². The Balaban J connectivity index is 1.26. The number of carbonyl (C=O) groups is 1. The van der Waals surface area contributed by atoms with Crippen molar-refractivity contribution in [2.24, 2.45) is 0 Å². The monoisotopic (exact) mass is 575 g/mol. The van der Waals surface area contributed by atoms with E-state index in [1.807, 2.05) is 45.0 Å². The van der Waals surface area contributed by atoms with Gasteiger partial charge in [-0.2, -0.15) is 0 Å². The fourth-order valence-electron chi connectivity index (χ4n) is 4.24. The number of furan rings is 1. The summed E-state index contributed by atoms with van der Waals surface area (Å²) in [4.78, 5) is 17.2. The molecule has 1 amide bonds. The Morgan fingerprint density at radius 3 is 2.56 bits per heavy atom. The number of nitrogens with zero attached hydrogens (tertiary/aromatic N) is 1. The first-order valence-corrected chi connectivity index (χ1v) is 13.2. The normalized spacial score (nSPS) is 11.3. The highest BCUT2D eigenvalue weighted by Crippen LogP contribution is 2.35. The molecule has 0 spiro atoms. The van der Waals surface area contributed by atoms with Crippen molar-refractivity contribution < 1.29 is 13.6 Å². The van der Waals surface area contributed by atoms with E-state index in [2.05, 4.69) is 21.7 Å². The van der Waals surface area contributed by atoms with Gasteiger partial charge in [0.05, 0.1) is 10.0 Å². The summed E-state index contributed by atoms with van der Waals surface area (Å²) in [6.07, 6.45) is 2.88. The van der Waals surface area contributed by atoms with Crippen molar-refractivity contribution in [3.05, 3.63) is 99.2 Å². The van der Waals surface area contributed by atoms with Crippen LogP contribution in [0.15, 0.2) is 75.6 Å². The lowest BCUT2D eigenvalue weighted by Crippen LogP contribution is -2.33. The van der Waals surface area contributed by atoms with Crippen LogP contribution in [0.5, 0.6) is 0 Å². The van der Waals surface area contributed by atoms with Crippen molar-refractivity contribution in [1.29, 1.82) is 0 Å². The third-order valence-corrected chi connectivity index (χ3v) is 7.14. The molecule has 196 valence electrons. The zero-order valence-corrected chi connectivity index (χ0v) is 23.6. The SMILES string of the molecule is Cc1cc(C)c2oc(-c3cccc(NC(=S)NC(=O)C=Cc4ccc(-c5cccc(Cl)c5Cl)o4)c3C)nc2c1. The number of thiocarbonyl (C=S) groups is 1. The molecule has 0 atom stereocenters. The van der Waals surface area contributed by atoms with Crippen LogP contribution in [0.2, 0.25) is 10.0 Å². The Kier molecular flexibility index (Phi) is 7.57. The second kappa shape index (κ2) is 11.1. The molecule has 2 aromatic heterocycles. The molecule has 0 bridgehead atoms. The topological polar surface area (TPSA) is 80.3 Å². The Labute approximate surface area is 240 Å². The van der Waals surface area contributed by atoms with Gasteiger partial charge in [-0.1, -0.05) is 41.4 Å². The van der Waals surface area contributed by atoms with E-state index in [-0.39, 0.29) is 5.11 Å². The summed E-state index contributed by atoms with van der Waals surface area (Å²) in [7, 11) is 0. The quantitative estimate of drug-likeness (QED) is 0.161. The molecule has 0 unspecified atom stereocenters. The standard InChI is InChI=1S/C30H23Cl2N3O3S/c1-16-14-17(2)28-24(15-16)33-29(38-28)20-6-5-9-23(18(20)3)34-30(39)35-26(36)13-11-19-10-12-25(37-19)21-7-4-8-22(31)27(21)32/h4-15H,1-3H3,(H2,34,35,36,39). The van der Waals surface area contributed by atoms with Crippen molar-refractivity contribution in [2.45, 2.75) is 20.8 Å². The third-order valence-electron chi connectivity index (χ3n) is 6.11. The van der Waals surface area contributed by atoms with E-state index >= 15 is 0 Å². The number of aryl methyl sites for hydroxylation is 2. The number of nitrogens with one attached hydrogen (secondary N) is 2. The molecule has 5 aromatic rings. The summed E-state index contributed by atoms with van der Waals surface area (Å²) >= 11 is 17.7. The fraction of sp³-hybridized carbons (Fsp3) is 0.100. The first kappa shape index (κ1) is 26.7. The van der Waals surface area contributed by atoms with E-state index in [1.54, 1.807) is 36.4 Å². The van der Waals surface area contributed by atoms with E-state index in [1.165, 1.54) is 6.08 Å². The molecule has 0 saturated carbocycles. The Bertz CT molecular complexity index is 1770. The molecule has 2 N–H and O–H groups in total.